The molecular formula is C13H17Cl2NO. The number of hydrogen-bond donors (Lipinski definition) is 1. The first kappa shape index (κ1) is 14.5. The first-order valence-electron chi connectivity index (χ1n) is 5.52. The van der Waals surface area contributed by atoms with E-state index in [0.29, 0.717) is 12.3 Å². The Labute approximate surface area is 113 Å². The van der Waals surface area contributed by atoms with Crippen LogP contribution in [0.4, 0.5) is 0 Å². The van der Waals surface area contributed by atoms with Gasteiger partial charge in [0.1, 0.15) is 5.54 Å². The number of hydrogen-bond acceptors (Lipinski definition) is 2. The minimum atomic E-state index is -0.998. The van der Waals surface area contributed by atoms with E-state index in [9.17, 15) is 4.79 Å². The molecule has 2 nitrogen and oxygen atoms in total. The maximum atomic E-state index is 11.6. The molecule has 0 aromatic heterocycles. The van der Waals surface area contributed by atoms with Crippen molar-refractivity contribution in [1.82, 2.24) is 0 Å². The van der Waals surface area contributed by atoms with Gasteiger partial charge in [0.05, 0.1) is 0 Å². The summed E-state index contributed by atoms with van der Waals surface area (Å²) >= 11 is 5.67. The summed E-state index contributed by atoms with van der Waals surface area (Å²) < 4.78 is 0. The fourth-order valence-electron chi connectivity index (χ4n) is 2.62. The van der Waals surface area contributed by atoms with Gasteiger partial charge in [-0.1, -0.05) is 30.7 Å². The lowest BCUT2D eigenvalue weighted by molar-refractivity contribution is -0.117. The van der Waals surface area contributed by atoms with Crippen LogP contribution >= 0.6 is 24.0 Å². The Hall–Kier alpha value is -0.570. The standard InChI is InChI=1S/C13H16ClNO.ClH/c1-8-3-4-11-10(5-8)6-9(2)7-13(11,15)12(14)16;/h3-5,9H,6-7,15H2,1-2H3;1H. The minimum absolute atomic E-state index is 0. The fraction of sp³-hybridized carbons (Fsp3) is 0.462. The van der Waals surface area contributed by atoms with E-state index in [1.54, 1.807) is 0 Å². The van der Waals surface area contributed by atoms with Gasteiger partial charge < -0.3 is 5.73 Å². The van der Waals surface area contributed by atoms with E-state index in [1.807, 2.05) is 19.1 Å². The monoisotopic (exact) mass is 273 g/mol. The van der Waals surface area contributed by atoms with Gasteiger partial charge >= 0.3 is 0 Å². The van der Waals surface area contributed by atoms with Gasteiger partial charge in [0.2, 0.25) is 5.24 Å². The molecule has 0 saturated carbocycles. The van der Waals surface area contributed by atoms with Crippen molar-refractivity contribution in [2.45, 2.75) is 32.2 Å². The second-order valence-corrected chi connectivity index (χ2v) is 5.26. The Balaban J connectivity index is 0.00000144. The van der Waals surface area contributed by atoms with Gasteiger partial charge in [-0.25, -0.2) is 0 Å². The summed E-state index contributed by atoms with van der Waals surface area (Å²) in [5.41, 5.74) is 8.43. The molecule has 1 aliphatic carbocycles. The average Bonchev–Trinajstić information content (AvgIpc) is 2.15. The highest BCUT2D eigenvalue weighted by atomic mass is 35.5. The van der Waals surface area contributed by atoms with Crippen LogP contribution in [0.15, 0.2) is 18.2 Å². The number of fused-ring (bicyclic) bond motifs is 1. The van der Waals surface area contributed by atoms with E-state index in [4.69, 9.17) is 17.3 Å². The van der Waals surface area contributed by atoms with Crippen LogP contribution in [0, 0.1) is 12.8 Å². The minimum Gasteiger partial charge on any atom is -0.314 e. The van der Waals surface area contributed by atoms with Crippen LogP contribution in [0.5, 0.6) is 0 Å². The van der Waals surface area contributed by atoms with Crippen LogP contribution in [0.3, 0.4) is 0 Å². The molecule has 0 aliphatic heterocycles. The van der Waals surface area contributed by atoms with Gasteiger partial charge in [-0.2, -0.15) is 0 Å². The molecule has 2 atom stereocenters. The highest BCUT2D eigenvalue weighted by Gasteiger charge is 2.41. The third-order valence-corrected chi connectivity index (χ3v) is 3.67. The zero-order valence-corrected chi connectivity index (χ0v) is 11.6. The van der Waals surface area contributed by atoms with E-state index >= 15 is 0 Å². The van der Waals surface area contributed by atoms with Crippen LogP contribution in [0.25, 0.3) is 0 Å². The average molecular weight is 274 g/mol. The van der Waals surface area contributed by atoms with E-state index in [-0.39, 0.29) is 12.4 Å². The molecule has 0 spiro atoms. The Morgan fingerprint density at radius 3 is 2.76 bits per heavy atom. The van der Waals surface area contributed by atoms with Crippen molar-refractivity contribution in [3.63, 3.8) is 0 Å². The van der Waals surface area contributed by atoms with Crippen molar-refractivity contribution in [3.8, 4) is 0 Å². The molecule has 0 bridgehead atoms. The molecule has 0 saturated heterocycles. The number of nitrogens with two attached hydrogens (primary N) is 1. The molecule has 2 rings (SSSR count). The summed E-state index contributed by atoms with van der Waals surface area (Å²) in [6.07, 6.45) is 1.60. The topological polar surface area (TPSA) is 43.1 Å². The molecule has 4 heteroatoms. The molecule has 0 fully saturated rings. The maximum absolute atomic E-state index is 11.6. The summed E-state index contributed by atoms with van der Waals surface area (Å²) in [7, 11) is 0. The largest absolute Gasteiger partial charge is 0.314 e. The Kier molecular flexibility index (Phi) is 4.23. The van der Waals surface area contributed by atoms with Crippen molar-refractivity contribution < 1.29 is 4.79 Å². The summed E-state index contributed by atoms with van der Waals surface area (Å²) in [6, 6.07) is 6.03. The summed E-state index contributed by atoms with van der Waals surface area (Å²) in [4.78, 5) is 11.6. The van der Waals surface area contributed by atoms with Gasteiger partial charge in [-0.05, 0) is 48.4 Å². The third-order valence-electron chi connectivity index (χ3n) is 3.33. The predicted octanol–water partition coefficient (Wildman–Crippen LogP) is 2.92. The Morgan fingerprint density at radius 1 is 1.53 bits per heavy atom. The molecule has 94 valence electrons. The van der Waals surface area contributed by atoms with Gasteiger partial charge in [0.25, 0.3) is 0 Å². The second kappa shape index (κ2) is 4.97. The van der Waals surface area contributed by atoms with Crippen LogP contribution < -0.4 is 5.73 Å². The molecule has 2 unspecified atom stereocenters. The lowest BCUT2D eigenvalue weighted by atomic mass is 9.73. The SMILES string of the molecule is Cc1ccc2c(c1)CC(C)CC2(N)C(=O)Cl.Cl. The van der Waals surface area contributed by atoms with Gasteiger partial charge in [-0.3, -0.25) is 4.79 Å². The zero-order valence-electron chi connectivity index (χ0n) is 10.00. The lowest BCUT2D eigenvalue weighted by Crippen LogP contribution is -2.47. The highest BCUT2D eigenvalue weighted by molar-refractivity contribution is 6.65. The Bertz CT molecular complexity index is 447. The summed E-state index contributed by atoms with van der Waals surface area (Å²) in [5.74, 6) is 0.391. The van der Waals surface area contributed by atoms with Gasteiger partial charge in [-0.15, -0.1) is 12.4 Å². The van der Waals surface area contributed by atoms with Gasteiger partial charge in [0, 0.05) is 0 Å². The Morgan fingerprint density at radius 2 is 2.18 bits per heavy atom. The predicted molar refractivity (Wildman–Crippen MR) is 72.6 cm³/mol. The summed E-state index contributed by atoms with van der Waals surface area (Å²) in [6.45, 7) is 4.15. The van der Waals surface area contributed by atoms with Crippen molar-refractivity contribution in [3.05, 3.63) is 34.9 Å². The van der Waals surface area contributed by atoms with Crippen LogP contribution in [0.2, 0.25) is 0 Å². The van der Waals surface area contributed by atoms with E-state index in [1.165, 1.54) is 5.56 Å². The zero-order chi connectivity index (χ0) is 11.9. The van der Waals surface area contributed by atoms with Crippen molar-refractivity contribution >= 4 is 29.3 Å². The van der Waals surface area contributed by atoms with Crippen LogP contribution in [0.1, 0.15) is 30.0 Å². The molecule has 0 amide bonds. The van der Waals surface area contributed by atoms with E-state index < -0.39 is 10.8 Å². The lowest BCUT2D eigenvalue weighted by Gasteiger charge is -2.36. The molecule has 1 aliphatic rings. The number of carbonyl (C=O) groups excluding carboxylic acids is 1. The third kappa shape index (κ3) is 2.49. The first-order chi connectivity index (χ1) is 7.43. The molecule has 1 aromatic carbocycles. The fourth-order valence-corrected chi connectivity index (χ4v) is 2.80. The molecule has 1 aromatic rings. The second-order valence-electron chi connectivity index (χ2n) is 4.92. The number of carbonyl (C=O) groups is 1. The number of rotatable bonds is 1. The number of halogens is 2. The van der Waals surface area contributed by atoms with E-state index in [2.05, 4.69) is 13.0 Å². The quantitative estimate of drug-likeness (QED) is 0.800. The molecule has 2 N–H and O–H groups in total. The van der Waals surface area contributed by atoms with Gasteiger partial charge in [0.15, 0.2) is 0 Å². The molecule has 17 heavy (non-hydrogen) atoms. The van der Waals surface area contributed by atoms with Crippen molar-refractivity contribution in [1.29, 1.82) is 0 Å². The highest BCUT2D eigenvalue weighted by Crippen LogP contribution is 2.38. The maximum Gasteiger partial charge on any atom is 0.246 e. The normalized spacial score (nSPS) is 26.9. The first-order valence-corrected chi connectivity index (χ1v) is 5.90. The number of benzene rings is 1. The molecule has 0 radical (unpaired) electrons. The molecule has 0 heterocycles. The molecular weight excluding hydrogens is 257 g/mol. The van der Waals surface area contributed by atoms with Crippen molar-refractivity contribution in [2.24, 2.45) is 11.7 Å². The summed E-state index contributed by atoms with van der Waals surface area (Å²) in [5, 5.41) is -0.454. The smallest absolute Gasteiger partial charge is 0.246 e. The van der Waals surface area contributed by atoms with Crippen molar-refractivity contribution in [2.75, 3.05) is 0 Å². The van der Waals surface area contributed by atoms with E-state index in [0.717, 1.165) is 17.5 Å². The number of aryl methyl sites for hydroxylation is 1. The van der Waals surface area contributed by atoms with Crippen LogP contribution in [-0.4, -0.2) is 5.24 Å². The van der Waals surface area contributed by atoms with Crippen LogP contribution in [-0.2, 0) is 16.8 Å².